The van der Waals surface area contributed by atoms with Gasteiger partial charge in [0.2, 0.25) is 17.7 Å². The lowest BCUT2D eigenvalue weighted by Gasteiger charge is -2.24. The van der Waals surface area contributed by atoms with Crippen LogP contribution in [0.25, 0.3) is 11.2 Å². The van der Waals surface area contributed by atoms with Crippen LogP contribution in [-0.4, -0.2) is 144 Å². The molecule has 24 heteroatoms. The van der Waals surface area contributed by atoms with Crippen LogP contribution >= 0.6 is 0 Å². The first-order valence-electron chi connectivity index (χ1n) is 26.3. The van der Waals surface area contributed by atoms with Crippen LogP contribution in [0, 0.1) is 18.8 Å². The fourth-order valence-corrected chi connectivity index (χ4v) is 7.94. The minimum Gasteiger partial charge on any atom is -0.445 e. The zero-order chi connectivity index (χ0) is 57.1. The lowest BCUT2D eigenvalue weighted by Crippen LogP contribution is -2.46. The Balaban J connectivity index is 1.00. The molecular formula is C55H75N11O13. The number of nitrogen functional groups attached to an aromatic ring is 1. The maximum absolute atomic E-state index is 13.8. The molecule has 3 heterocycles. The van der Waals surface area contributed by atoms with Gasteiger partial charge in [0, 0.05) is 70.5 Å². The van der Waals surface area contributed by atoms with Crippen molar-refractivity contribution in [3.05, 3.63) is 105 Å². The van der Waals surface area contributed by atoms with Crippen LogP contribution in [0.3, 0.4) is 0 Å². The molecule has 3 aromatic heterocycles. The molecular weight excluding hydrogens is 1020 g/mol. The van der Waals surface area contributed by atoms with Crippen LogP contribution in [0.2, 0.25) is 0 Å². The number of Topliss-reactive ketones (excluding diaryl/α,β-unsaturated/α-hetero) is 2. The van der Waals surface area contributed by atoms with E-state index in [1.165, 1.54) is 9.47 Å². The number of hydrogen-bond acceptors (Lipinski definition) is 17. The standard InChI is InChI=1S/C55H75N11O13/c1-6-47(69)58-21-23-75-25-27-77-29-28-76-26-24-74-22-19-42(67)31-44(36(2)3)52(70)63-45(8-7-20-59-53(57)71)46(68)30-38-9-11-40(12-10-38)35-78-55(73)65(5)33-39-13-16-43(17-14-39)79-48-18-15-41(32-60-48)34-66-51-49(64-54(66)72)50(56)61-37(4)62-51/h9-18,32,36,44-45H,6-8,19-31,33-35H2,1-5H3,(H,58,69)(H,63,70)(H,64,72)(H2,56,61,62)(H3,57,59,71)/t44-,45-/m0/s1. The number of nitrogens with zero attached hydrogens (tertiary/aromatic N) is 5. The SMILES string of the molecule is CCC(=O)NCCOCCOCCOCCOCCC(=O)C[C@H](C(=O)N[C@@H](CCCNC(N)=O)C(=O)Cc1ccc(COC(=O)N(C)Cc2ccc(Oc3ccc(Cn4c(=O)[nH]c5c(N)nc(C)nc54)cn3)cc2)cc1)C(C)C. The van der Waals surface area contributed by atoms with E-state index in [1.54, 1.807) is 75.6 Å². The average molecular weight is 1100 g/mol. The van der Waals surface area contributed by atoms with Gasteiger partial charge in [-0.2, -0.15) is 0 Å². The number of carbonyl (C=O) groups excluding carboxylic acids is 6. The fraction of sp³-hybridized carbons (Fsp3) is 0.491. The summed E-state index contributed by atoms with van der Waals surface area (Å²) in [6.07, 6.45) is 2.14. The summed E-state index contributed by atoms with van der Waals surface area (Å²) < 4.78 is 34.9. The highest BCUT2D eigenvalue weighted by Crippen LogP contribution is 2.23. The summed E-state index contributed by atoms with van der Waals surface area (Å²) in [6.45, 7) is 11.0. The molecule has 0 radical (unpaired) electrons. The van der Waals surface area contributed by atoms with Crippen LogP contribution in [0.1, 0.15) is 81.0 Å². The Labute approximate surface area is 459 Å². The highest BCUT2D eigenvalue weighted by atomic mass is 16.6. The minimum atomic E-state index is -0.901. The Morgan fingerprint density at radius 1 is 0.785 bits per heavy atom. The van der Waals surface area contributed by atoms with Crippen molar-refractivity contribution in [2.24, 2.45) is 17.6 Å². The number of ketones is 2. The second kappa shape index (κ2) is 32.8. The van der Waals surface area contributed by atoms with Crippen LogP contribution < -0.4 is 37.8 Å². The quantitative estimate of drug-likeness (QED) is 0.0305. The number of H-pyrrole nitrogens is 1. The Morgan fingerprint density at radius 2 is 1.42 bits per heavy atom. The number of urea groups is 1. The Kier molecular flexibility index (Phi) is 25.8. The van der Waals surface area contributed by atoms with Crippen molar-refractivity contribution in [1.82, 2.24) is 45.4 Å². The van der Waals surface area contributed by atoms with Crippen molar-refractivity contribution in [3.8, 4) is 11.6 Å². The number of aromatic nitrogens is 5. The third-order valence-corrected chi connectivity index (χ3v) is 12.3. The minimum absolute atomic E-state index is 0.0110. The topological polar surface area (TPSA) is 326 Å². The van der Waals surface area contributed by atoms with Crippen LogP contribution in [0.15, 0.2) is 71.7 Å². The van der Waals surface area contributed by atoms with E-state index in [9.17, 15) is 33.6 Å². The number of pyridine rings is 1. The number of aromatic amines is 1. The Hall–Kier alpha value is -7.80. The maximum atomic E-state index is 13.8. The molecule has 0 unspecified atom stereocenters. The molecule has 5 aromatic rings. The van der Waals surface area contributed by atoms with Gasteiger partial charge in [0.1, 0.15) is 29.5 Å². The van der Waals surface area contributed by atoms with Crippen molar-refractivity contribution in [3.63, 3.8) is 0 Å². The molecule has 8 N–H and O–H groups in total. The van der Waals surface area contributed by atoms with Gasteiger partial charge in [-0.3, -0.25) is 23.7 Å². The number of anilines is 1. The number of fused-ring (bicyclic) bond motifs is 1. The zero-order valence-electron chi connectivity index (χ0n) is 45.7. The van der Waals surface area contributed by atoms with Crippen molar-refractivity contribution in [1.29, 1.82) is 0 Å². The molecule has 428 valence electrons. The summed E-state index contributed by atoms with van der Waals surface area (Å²) in [5.74, 6) is -0.236. The lowest BCUT2D eigenvalue weighted by molar-refractivity contribution is -0.134. The highest BCUT2D eigenvalue weighted by Gasteiger charge is 2.29. The molecule has 5 amide bonds. The number of hydrogen-bond donors (Lipinski definition) is 6. The van der Waals surface area contributed by atoms with Gasteiger partial charge in [-0.1, -0.05) is 63.2 Å². The van der Waals surface area contributed by atoms with E-state index < -0.39 is 30.0 Å². The number of primary amides is 1. The molecule has 2 aromatic carbocycles. The average Bonchev–Trinajstić information content (AvgIpc) is 3.85. The first-order valence-corrected chi connectivity index (χ1v) is 26.3. The smallest absolute Gasteiger partial charge is 0.410 e. The largest absolute Gasteiger partial charge is 0.445 e. The van der Waals surface area contributed by atoms with Crippen LogP contribution in [0.5, 0.6) is 11.6 Å². The molecule has 0 aliphatic carbocycles. The van der Waals surface area contributed by atoms with Gasteiger partial charge in [-0.25, -0.2) is 29.3 Å². The first-order chi connectivity index (χ1) is 38.0. The van der Waals surface area contributed by atoms with E-state index >= 15 is 0 Å². The number of nitrogens with one attached hydrogen (secondary N) is 4. The summed E-state index contributed by atoms with van der Waals surface area (Å²) in [7, 11) is 1.62. The van der Waals surface area contributed by atoms with E-state index in [0.717, 1.165) is 11.1 Å². The zero-order valence-corrected chi connectivity index (χ0v) is 45.7. The number of amides is 5. The van der Waals surface area contributed by atoms with Crippen LogP contribution in [-0.2, 0) is 69.0 Å². The van der Waals surface area contributed by atoms with E-state index in [0.29, 0.717) is 98.8 Å². The van der Waals surface area contributed by atoms with Gasteiger partial charge in [0.15, 0.2) is 17.2 Å². The molecule has 24 nitrogen and oxygen atoms in total. The van der Waals surface area contributed by atoms with E-state index in [4.69, 9.17) is 39.9 Å². The summed E-state index contributed by atoms with van der Waals surface area (Å²) in [6, 6.07) is 16.1. The summed E-state index contributed by atoms with van der Waals surface area (Å²) >= 11 is 0. The summed E-state index contributed by atoms with van der Waals surface area (Å²) in [5, 5.41) is 8.12. The normalized spacial score (nSPS) is 12.0. The molecule has 0 saturated carbocycles. The molecule has 79 heavy (non-hydrogen) atoms. The number of nitrogens with two attached hydrogens (primary N) is 2. The predicted molar refractivity (Wildman–Crippen MR) is 292 cm³/mol. The van der Waals surface area contributed by atoms with Gasteiger partial charge < -0.3 is 65.7 Å². The second-order valence-corrected chi connectivity index (χ2v) is 19.0. The Bertz CT molecular complexity index is 2810. The summed E-state index contributed by atoms with van der Waals surface area (Å²) in [4.78, 5) is 106. The number of rotatable bonds is 36. The third-order valence-electron chi connectivity index (χ3n) is 12.3. The summed E-state index contributed by atoms with van der Waals surface area (Å²) in [5.41, 5.74) is 14.6. The second-order valence-electron chi connectivity index (χ2n) is 19.0. The van der Waals surface area contributed by atoms with E-state index in [1.807, 2.05) is 26.0 Å². The maximum Gasteiger partial charge on any atom is 0.410 e. The fourth-order valence-electron chi connectivity index (χ4n) is 7.94. The van der Waals surface area contributed by atoms with Gasteiger partial charge in [-0.05, 0) is 60.1 Å². The van der Waals surface area contributed by atoms with Gasteiger partial charge in [0.25, 0.3) is 0 Å². The molecule has 0 bridgehead atoms. The number of ether oxygens (including phenoxy) is 6. The predicted octanol–water partition coefficient (Wildman–Crippen LogP) is 4.27. The molecule has 0 aliphatic rings. The lowest BCUT2D eigenvalue weighted by atomic mass is 9.88. The van der Waals surface area contributed by atoms with E-state index in [-0.39, 0.29) is 100 Å². The number of imidazole rings is 1. The molecule has 5 rings (SSSR count). The number of carbonyl (C=O) groups is 6. The number of aryl methyl sites for hydroxylation is 1. The van der Waals surface area contributed by atoms with Crippen LogP contribution in [0.4, 0.5) is 15.4 Å². The third kappa shape index (κ3) is 21.9. The Morgan fingerprint density at radius 3 is 2.05 bits per heavy atom. The molecule has 0 aliphatic heterocycles. The van der Waals surface area contributed by atoms with E-state index in [2.05, 4.69) is 35.9 Å². The van der Waals surface area contributed by atoms with Gasteiger partial charge in [-0.15, -0.1) is 0 Å². The van der Waals surface area contributed by atoms with Crippen molar-refractivity contribution in [2.45, 2.75) is 92.0 Å². The monoisotopic (exact) mass is 1100 g/mol. The van der Waals surface area contributed by atoms with Crippen molar-refractivity contribution in [2.75, 3.05) is 78.7 Å². The molecule has 0 spiro atoms. The molecule has 0 fully saturated rings. The van der Waals surface area contributed by atoms with Crippen molar-refractivity contribution < 1.29 is 57.2 Å². The highest BCUT2D eigenvalue weighted by molar-refractivity contribution is 5.93. The number of benzene rings is 2. The van der Waals surface area contributed by atoms with Crippen molar-refractivity contribution >= 4 is 52.5 Å². The van der Waals surface area contributed by atoms with Gasteiger partial charge in [0.05, 0.1) is 65.4 Å². The van der Waals surface area contributed by atoms with Gasteiger partial charge >= 0.3 is 17.8 Å². The molecule has 0 saturated heterocycles. The molecule has 2 atom stereocenters. The first kappa shape index (κ1) is 62.0.